The van der Waals surface area contributed by atoms with E-state index in [4.69, 9.17) is 13.9 Å². The van der Waals surface area contributed by atoms with Gasteiger partial charge in [0.15, 0.2) is 0 Å². The van der Waals surface area contributed by atoms with Gasteiger partial charge >= 0.3 is 0 Å². The molecule has 4 N–H and O–H groups in total. The van der Waals surface area contributed by atoms with E-state index in [9.17, 15) is 20.4 Å². The molecular formula is C23H26O7. The van der Waals surface area contributed by atoms with Crippen LogP contribution in [0.25, 0.3) is 11.0 Å². The van der Waals surface area contributed by atoms with Crippen LogP contribution in [0.1, 0.15) is 16.7 Å². The first kappa shape index (κ1) is 20.8. The number of aliphatic hydroxyl groups excluding tert-OH is 4. The Balaban J connectivity index is 1.59. The molecule has 5 atom stereocenters. The molecule has 30 heavy (non-hydrogen) atoms. The lowest BCUT2D eigenvalue weighted by Crippen LogP contribution is -2.60. The summed E-state index contributed by atoms with van der Waals surface area (Å²) < 4.78 is 17.1. The molecule has 3 aromatic rings. The number of aliphatic hydroxyl groups is 4. The van der Waals surface area contributed by atoms with Gasteiger partial charge in [-0.3, -0.25) is 0 Å². The van der Waals surface area contributed by atoms with Crippen molar-refractivity contribution in [3.05, 3.63) is 65.4 Å². The third kappa shape index (κ3) is 3.95. The molecule has 0 spiro atoms. The van der Waals surface area contributed by atoms with Gasteiger partial charge in [0, 0.05) is 5.56 Å². The molecule has 7 nitrogen and oxygen atoms in total. The lowest BCUT2D eigenvalue weighted by Gasteiger charge is -2.39. The normalized spacial score (nSPS) is 26.8. The molecule has 1 fully saturated rings. The van der Waals surface area contributed by atoms with Gasteiger partial charge in [0.25, 0.3) is 0 Å². The highest BCUT2D eigenvalue weighted by Gasteiger charge is 2.44. The average Bonchev–Trinajstić information content (AvgIpc) is 3.17. The van der Waals surface area contributed by atoms with Crippen LogP contribution in [0.3, 0.4) is 0 Å². The van der Waals surface area contributed by atoms with E-state index in [2.05, 4.69) is 19.1 Å². The van der Waals surface area contributed by atoms with Crippen molar-refractivity contribution in [2.75, 3.05) is 6.61 Å². The van der Waals surface area contributed by atoms with Crippen molar-refractivity contribution < 1.29 is 34.3 Å². The minimum atomic E-state index is -1.50. The first-order chi connectivity index (χ1) is 14.5. The molecule has 1 aliphatic heterocycles. The van der Waals surface area contributed by atoms with Crippen LogP contribution in [-0.2, 0) is 17.6 Å². The van der Waals surface area contributed by atoms with Crippen molar-refractivity contribution in [1.82, 2.24) is 0 Å². The molecule has 2 heterocycles. The number of aryl methyl sites for hydroxylation is 3. The smallest absolute Gasteiger partial charge is 0.229 e. The molecule has 2 aromatic carbocycles. The summed E-state index contributed by atoms with van der Waals surface area (Å²) in [7, 11) is 0. The van der Waals surface area contributed by atoms with Gasteiger partial charge in [-0.1, -0.05) is 30.3 Å². The average molecular weight is 414 g/mol. The number of fused-ring (bicyclic) bond motifs is 1. The fourth-order valence-electron chi connectivity index (χ4n) is 3.85. The molecule has 4 rings (SSSR count). The SMILES string of the molecule is Cc1ccccc1CCc1coc2cccc(O[C@@H]3O[C@H](CO)[C@@H](O)[C@H](O)[C@H]3O)c12. The van der Waals surface area contributed by atoms with Crippen LogP contribution in [0, 0.1) is 6.92 Å². The lowest BCUT2D eigenvalue weighted by molar-refractivity contribution is -0.277. The summed E-state index contributed by atoms with van der Waals surface area (Å²) in [6.45, 7) is 1.57. The molecule has 0 radical (unpaired) electrons. The van der Waals surface area contributed by atoms with E-state index in [1.165, 1.54) is 11.1 Å². The van der Waals surface area contributed by atoms with E-state index in [1.54, 1.807) is 18.4 Å². The zero-order valence-corrected chi connectivity index (χ0v) is 16.6. The van der Waals surface area contributed by atoms with Gasteiger partial charge in [-0.15, -0.1) is 0 Å². The molecular weight excluding hydrogens is 388 g/mol. The predicted octanol–water partition coefficient (Wildman–Crippen LogP) is 1.71. The number of ether oxygens (including phenoxy) is 2. The number of hydrogen-bond donors (Lipinski definition) is 4. The highest BCUT2D eigenvalue weighted by Crippen LogP contribution is 2.34. The molecule has 0 bridgehead atoms. The summed E-state index contributed by atoms with van der Waals surface area (Å²) in [6.07, 6.45) is -3.42. The Morgan fingerprint density at radius 3 is 2.43 bits per heavy atom. The van der Waals surface area contributed by atoms with E-state index < -0.39 is 37.3 Å². The van der Waals surface area contributed by atoms with E-state index >= 15 is 0 Å². The van der Waals surface area contributed by atoms with Crippen LogP contribution >= 0.6 is 0 Å². The van der Waals surface area contributed by atoms with Gasteiger partial charge in [-0.05, 0) is 43.0 Å². The van der Waals surface area contributed by atoms with Gasteiger partial charge in [0.1, 0.15) is 35.7 Å². The molecule has 0 saturated carbocycles. The Hall–Kier alpha value is -2.42. The summed E-state index contributed by atoms with van der Waals surface area (Å²) >= 11 is 0. The van der Waals surface area contributed by atoms with E-state index in [0.29, 0.717) is 11.3 Å². The summed E-state index contributed by atoms with van der Waals surface area (Å²) in [5, 5.41) is 40.4. The highest BCUT2D eigenvalue weighted by atomic mass is 16.7. The number of rotatable bonds is 6. The summed E-state index contributed by atoms with van der Waals surface area (Å²) in [6, 6.07) is 13.5. The van der Waals surface area contributed by atoms with E-state index in [0.717, 1.165) is 23.8 Å². The quantitative estimate of drug-likeness (QED) is 0.486. The first-order valence-electron chi connectivity index (χ1n) is 10.0. The van der Waals surface area contributed by atoms with E-state index in [-0.39, 0.29) is 0 Å². The summed E-state index contributed by atoms with van der Waals surface area (Å²) in [5.74, 6) is 0.436. The van der Waals surface area contributed by atoms with E-state index in [1.807, 2.05) is 18.2 Å². The van der Waals surface area contributed by atoms with Gasteiger partial charge in [-0.25, -0.2) is 0 Å². The standard InChI is InChI=1S/C23H26O7/c1-13-5-2-3-6-14(13)9-10-15-12-28-16-7-4-8-17(19(15)16)29-23-22(27)21(26)20(25)18(11-24)30-23/h2-8,12,18,20-27H,9-11H2,1H3/t18-,20-,21+,22-,23-/m1/s1. The van der Waals surface area contributed by atoms with Crippen molar-refractivity contribution in [3.8, 4) is 5.75 Å². The predicted molar refractivity (Wildman–Crippen MR) is 109 cm³/mol. The zero-order valence-electron chi connectivity index (χ0n) is 16.6. The maximum Gasteiger partial charge on any atom is 0.229 e. The Bertz CT molecular complexity index is 996. The largest absolute Gasteiger partial charge is 0.464 e. The molecule has 1 aromatic heterocycles. The number of furan rings is 1. The van der Waals surface area contributed by atoms with Crippen molar-refractivity contribution in [1.29, 1.82) is 0 Å². The Labute approximate surface area is 174 Å². The van der Waals surface area contributed by atoms with Crippen LogP contribution < -0.4 is 4.74 Å². The topological polar surface area (TPSA) is 113 Å². The van der Waals surface area contributed by atoms with Crippen molar-refractivity contribution >= 4 is 11.0 Å². The molecule has 0 amide bonds. The first-order valence-corrected chi connectivity index (χ1v) is 10.0. The molecule has 160 valence electrons. The molecule has 1 saturated heterocycles. The van der Waals surface area contributed by atoms with Crippen LogP contribution in [0.2, 0.25) is 0 Å². The Kier molecular flexibility index (Phi) is 6.08. The van der Waals surface area contributed by atoms with Gasteiger partial charge < -0.3 is 34.3 Å². The minimum Gasteiger partial charge on any atom is -0.464 e. The second-order valence-corrected chi connectivity index (χ2v) is 7.63. The Morgan fingerprint density at radius 1 is 0.900 bits per heavy atom. The van der Waals surface area contributed by atoms with Crippen molar-refractivity contribution in [2.24, 2.45) is 0 Å². The molecule has 1 aliphatic rings. The van der Waals surface area contributed by atoms with Gasteiger partial charge in [0.05, 0.1) is 18.3 Å². The number of benzene rings is 2. The monoisotopic (exact) mass is 414 g/mol. The van der Waals surface area contributed by atoms with Crippen molar-refractivity contribution in [2.45, 2.75) is 50.5 Å². The summed E-state index contributed by atoms with van der Waals surface area (Å²) in [4.78, 5) is 0. The van der Waals surface area contributed by atoms with Gasteiger partial charge in [-0.2, -0.15) is 0 Å². The van der Waals surface area contributed by atoms with Crippen LogP contribution in [0.15, 0.2) is 53.1 Å². The molecule has 7 heteroatoms. The zero-order chi connectivity index (χ0) is 21.3. The minimum absolute atomic E-state index is 0.436. The maximum absolute atomic E-state index is 10.3. The Morgan fingerprint density at radius 2 is 1.67 bits per heavy atom. The van der Waals surface area contributed by atoms with Gasteiger partial charge in [0.2, 0.25) is 6.29 Å². The van der Waals surface area contributed by atoms with Crippen LogP contribution in [-0.4, -0.2) is 57.7 Å². The second kappa shape index (κ2) is 8.75. The third-order valence-corrected chi connectivity index (χ3v) is 5.65. The maximum atomic E-state index is 10.3. The second-order valence-electron chi connectivity index (χ2n) is 7.63. The van der Waals surface area contributed by atoms with Crippen LogP contribution in [0.5, 0.6) is 5.75 Å². The summed E-state index contributed by atoms with van der Waals surface area (Å²) in [5.41, 5.74) is 4.06. The highest BCUT2D eigenvalue weighted by molar-refractivity contribution is 5.87. The third-order valence-electron chi connectivity index (χ3n) is 5.65. The molecule has 0 aliphatic carbocycles. The number of hydrogen-bond acceptors (Lipinski definition) is 7. The van der Waals surface area contributed by atoms with Crippen molar-refractivity contribution in [3.63, 3.8) is 0 Å². The fourth-order valence-corrected chi connectivity index (χ4v) is 3.85. The lowest BCUT2D eigenvalue weighted by atomic mass is 9.99. The fraction of sp³-hybridized carbons (Fsp3) is 0.391. The van der Waals surface area contributed by atoms with Crippen LogP contribution in [0.4, 0.5) is 0 Å². The molecule has 0 unspecified atom stereocenters.